The van der Waals surface area contributed by atoms with Crippen LogP contribution in [-0.4, -0.2) is 45.1 Å². The number of amides is 2. The van der Waals surface area contributed by atoms with Crippen LogP contribution >= 0.6 is 0 Å². The molecule has 0 aromatic heterocycles. The van der Waals surface area contributed by atoms with Gasteiger partial charge < -0.3 is 24.4 Å². The highest BCUT2D eigenvalue weighted by Crippen LogP contribution is 2.46. The van der Waals surface area contributed by atoms with Gasteiger partial charge in [-0.1, -0.05) is 12.1 Å². The molecule has 194 valence electrons. The normalized spacial score (nSPS) is 17.2. The van der Waals surface area contributed by atoms with E-state index in [1.165, 1.54) is 44.4 Å². The van der Waals surface area contributed by atoms with E-state index in [1.807, 2.05) is 0 Å². The summed E-state index contributed by atoms with van der Waals surface area (Å²) in [5.41, 5.74) is 0.702. The molecule has 1 aliphatic heterocycles. The predicted octanol–water partition coefficient (Wildman–Crippen LogP) is 5.28. The van der Waals surface area contributed by atoms with Crippen LogP contribution < -0.4 is 19.5 Å². The van der Waals surface area contributed by atoms with Crippen molar-refractivity contribution in [1.82, 2.24) is 4.90 Å². The van der Waals surface area contributed by atoms with Gasteiger partial charge in [0, 0.05) is 18.3 Å². The molecule has 10 heteroatoms. The van der Waals surface area contributed by atoms with E-state index in [4.69, 9.17) is 14.2 Å². The Morgan fingerprint density at radius 2 is 1.49 bits per heavy atom. The van der Waals surface area contributed by atoms with Gasteiger partial charge in [-0.2, -0.15) is 13.2 Å². The Balaban J connectivity index is 1.82. The lowest BCUT2D eigenvalue weighted by Gasteiger charge is -2.40. The van der Waals surface area contributed by atoms with Crippen LogP contribution in [0.4, 0.5) is 18.9 Å². The lowest BCUT2D eigenvalue weighted by Crippen LogP contribution is -2.44. The summed E-state index contributed by atoms with van der Waals surface area (Å²) in [7, 11) is 6.01. The third-order valence-corrected chi connectivity index (χ3v) is 6.39. The minimum atomic E-state index is -4.50. The Labute approximate surface area is 211 Å². The van der Waals surface area contributed by atoms with Crippen molar-refractivity contribution in [2.45, 2.75) is 18.1 Å². The second-order valence-electron chi connectivity index (χ2n) is 8.47. The van der Waals surface area contributed by atoms with E-state index in [0.717, 1.165) is 12.1 Å². The van der Waals surface area contributed by atoms with Crippen molar-refractivity contribution in [2.75, 3.05) is 33.7 Å². The lowest BCUT2D eigenvalue weighted by atomic mass is 9.79. The second-order valence-corrected chi connectivity index (χ2v) is 8.47. The standard InChI is InChI=1S/C27H25F3N2O5/c1-32-24(15-5-11-18(35-2)12-6-15)23(19-13-21(36-3)22(37-4)14-20(19)26(32)34)25(33)31-17-9-7-16(8-10-17)27(28,29)30/h5-14,23-24H,1-4H3,(H,31,33). The van der Waals surface area contributed by atoms with Gasteiger partial charge in [0.1, 0.15) is 5.75 Å². The van der Waals surface area contributed by atoms with Gasteiger partial charge >= 0.3 is 6.18 Å². The van der Waals surface area contributed by atoms with Gasteiger partial charge in [-0.15, -0.1) is 0 Å². The van der Waals surface area contributed by atoms with Crippen molar-refractivity contribution in [2.24, 2.45) is 0 Å². The van der Waals surface area contributed by atoms with Crippen LogP contribution in [0.3, 0.4) is 0 Å². The van der Waals surface area contributed by atoms with Crippen LogP contribution in [0.15, 0.2) is 60.7 Å². The molecule has 2 amide bonds. The van der Waals surface area contributed by atoms with Crippen LogP contribution in [-0.2, 0) is 11.0 Å². The minimum Gasteiger partial charge on any atom is -0.497 e. The maximum atomic E-state index is 13.8. The fraction of sp³-hybridized carbons (Fsp3) is 0.259. The molecule has 3 aromatic rings. The van der Waals surface area contributed by atoms with E-state index in [0.29, 0.717) is 28.4 Å². The van der Waals surface area contributed by atoms with Gasteiger partial charge in [-0.05, 0) is 59.7 Å². The van der Waals surface area contributed by atoms with Crippen LogP contribution in [0.1, 0.15) is 39.0 Å². The first-order valence-electron chi connectivity index (χ1n) is 11.2. The average Bonchev–Trinajstić information content (AvgIpc) is 2.89. The number of methoxy groups -OCH3 is 3. The predicted molar refractivity (Wildman–Crippen MR) is 130 cm³/mol. The zero-order valence-corrected chi connectivity index (χ0v) is 20.6. The number of ether oxygens (including phenoxy) is 3. The number of carbonyl (C=O) groups excluding carboxylic acids is 2. The zero-order chi connectivity index (χ0) is 26.9. The zero-order valence-electron chi connectivity index (χ0n) is 20.6. The second kappa shape index (κ2) is 10.0. The molecular weight excluding hydrogens is 489 g/mol. The summed E-state index contributed by atoms with van der Waals surface area (Å²) in [6.07, 6.45) is -4.50. The molecule has 3 aromatic carbocycles. The molecule has 4 rings (SSSR count). The molecule has 0 saturated carbocycles. The van der Waals surface area contributed by atoms with Crippen molar-refractivity contribution in [3.05, 3.63) is 82.9 Å². The van der Waals surface area contributed by atoms with Crippen LogP contribution in [0.25, 0.3) is 0 Å². The third kappa shape index (κ3) is 4.91. The summed E-state index contributed by atoms with van der Waals surface area (Å²) in [5.74, 6) is -0.491. The highest BCUT2D eigenvalue weighted by Gasteiger charge is 2.43. The Morgan fingerprint density at radius 1 is 0.892 bits per heavy atom. The molecule has 0 saturated heterocycles. The number of rotatable bonds is 6. The first-order chi connectivity index (χ1) is 17.6. The van der Waals surface area contributed by atoms with E-state index in [1.54, 1.807) is 37.4 Å². The number of halogens is 3. The van der Waals surface area contributed by atoms with Crippen molar-refractivity contribution in [3.63, 3.8) is 0 Å². The summed E-state index contributed by atoms with van der Waals surface area (Å²) in [4.78, 5) is 28.6. The number of nitrogens with zero attached hydrogens (tertiary/aromatic N) is 1. The fourth-order valence-electron chi connectivity index (χ4n) is 4.51. The van der Waals surface area contributed by atoms with Crippen molar-refractivity contribution >= 4 is 17.5 Å². The molecule has 0 spiro atoms. The van der Waals surface area contributed by atoms with E-state index in [9.17, 15) is 22.8 Å². The molecule has 2 atom stereocenters. The summed E-state index contributed by atoms with van der Waals surface area (Å²) in [6.45, 7) is 0. The molecule has 0 aliphatic carbocycles. The highest BCUT2D eigenvalue weighted by atomic mass is 19.4. The quantitative estimate of drug-likeness (QED) is 0.485. The third-order valence-electron chi connectivity index (χ3n) is 6.39. The molecule has 2 unspecified atom stereocenters. The van der Waals surface area contributed by atoms with E-state index < -0.39 is 29.6 Å². The van der Waals surface area contributed by atoms with Crippen molar-refractivity contribution < 1.29 is 37.0 Å². The van der Waals surface area contributed by atoms with Gasteiger partial charge in [0.2, 0.25) is 5.91 Å². The van der Waals surface area contributed by atoms with E-state index in [2.05, 4.69) is 5.32 Å². The average molecular weight is 515 g/mol. The Kier molecular flexibility index (Phi) is 7.02. The molecule has 0 radical (unpaired) electrons. The Hall–Kier alpha value is -4.21. The largest absolute Gasteiger partial charge is 0.497 e. The van der Waals surface area contributed by atoms with Gasteiger partial charge in [0.15, 0.2) is 11.5 Å². The first-order valence-corrected chi connectivity index (χ1v) is 11.2. The smallest absolute Gasteiger partial charge is 0.416 e. The highest BCUT2D eigenvalue weighted by molar-refractivity contribution is 6.05. The van der Waals surface area contributed by atoms with Crippen molar-refractivity contribution in [3.8, 4) is 17.2 Å². The topological polar surface area (TPSA) is 77.1 Å². The first kappa shape index (κ1) is 25.9. The number of nitrogens with one attached hydrogen (secondary N) is 1. The Morgan fingerprint density at radius 3 is 2.03 bits per heavy atom. The molecule has 37 heavy (non-hydrogen) atoms. The van der Waals surface area contributed by atoms with Gasteiger partial charge in [0.25, 0.3) is 5.91 Å². The maximum Gasteiger partial charge on any atom is 0.416 e. The summed E-state index contributed by atoms with van der Waals surface area (Å²) >= 11 is 0. The number of benzene rings is 3. The van der Waals surface area contributed by atoms with E-state index in [-0.39, 0.29) is 17.2 Å². The molecule has 1 N–H and O–H groups in total. The van der Waals surface area contributed by atoms with Crippen LogP contribution in [0.5, 0.6) is 17.2 Å². The van der Waals surface area contributed by atoms with Gasteiger partial charge in [-0.3, -0.25) is 9.59 Å². The number of hydrogen-bond donors (Lipinski definition) is 1. The summed E-state index contributed by atoms with van der Waals surface area (Å²) in [6, 6.07) is 13.5. The van der Waals surface area contributed by atoms with Gasteiger partial charge in [0.05, 0.1) is 38.9 Å². The van der Waals surface area contributed by atoms with Crippen LogP contribution in [0.2, 0.25) is 0 Å². The molecule has 1 aliphatic rings. The monoisotopic (exact) mass is 514 g/mol. The van der Waals surface area contributed by atoms with Gasteiger partial charge in [-0.25, -0.2) is 0 Å². The number of anilines is 1. The molecule has 7 nitrogen and oxygen atoms in total. The lowest BCUT2D eigenvalue weighted by molar-refractivity contribution is -0.137. The summed E-state index contributed by atoms with van der Waals surface area (Å²) < 4.78 is 55.0. The number of hydrogen-bond acceptors (Lipinski definition) is 5. The Bertz CT molecular complexity index is 1310. The molecular formula is C27H25F3N2O5. The molecule has 0 fully saturated rings. The van der Waals surface area contributed by atoms with E-state index >= 15 is 0 Å². The number of fused-ring (bicyclic) bond motifs is 1. The van der Waals surface area contributed by atoms with Crippen LogP contribution in [0, 0.1) is 0 Å². The number of likely N-dealkylation sites (N-methyl/N-ethyl adjacent to an activating group) is 1. The summed E-state index contributed by atoms with van der Waals surface area (Å²) in [5, 5.41) is 2.71. The minimum absolute atomic E-state index is 0.188. The SMILES string of the molecule is COc1ccc(C2C(C(=O)Nc3ccc(C(F)(F)F)cc3)c3cc(OC)c(OC)cc3C(=O)N2C)cc1. The number of carbonyl (C=O) groups is 2. The number of alkyl halides is 3. The maximum absolute atomic E-state index is 13.8. The molecule has 1 heterocycles. The molecule has 0 bridgehead atoms. The fourth-order valence-corrected chi connectivity index (χ4v) is 4.51. The van der Waals surface area contributed by atoms with Crippen molar-refractivity contribution in [1.29, 1.82) is 0 Å².